The summed E-state index contributed by atoms with van der Waals surface area (Å²) in [5.74, 6) is -0.0492. The minimum Gasteiger partial charge on any atom is -0.466 e. The van der Waals surface area contributed by atoms with Crippen LogP contribution in [0.4, 0.5) is 0 Å². The average molecular weight is 1170 g/mol. The molecule has 0 fully saturated rings. The second kappa shape index (κ2) is 72.6. The molecule has 1 amide bonds. The molecule has 490 valence electrons. The zero-order valence-electron chi connectivity index (χ0n) is 56.2. The lowest BCUT2D eigenvalue weighted by molar-refractivity contribution is -0.143. The van der Waals surface area contributed by atoms with E-state index >= 15 is 0 Å². The van der Waals surface area contributed by atoms with Crippen molar-refractivity contribution in [2.75, 3.05) is 13.2 Å². The van der Waals surface area contributed by atoms with Crippen LogP contribution in [0.2, 0.25) is 0 Å². The van der Waals surface area contributed by atoms with E-state index in [1.54, 1.807) is 6.08 Å². The Morgan fingerprint density at radius 2 is 0.602 bits per heavy atom. The number of hydrogen-bond donors (Lipinski definition) is 3. The molecule has 0 heterocycles. The number of hydrogen-bond acceptors (Lipinski definition) is 5. The molecule has 83 heavy (non-hydrogen) atoms. The van der Waals surface area contributed by atoms with Gasteiger partial charge in [0.25, 0.3) is 0 Å². The Bertz CT molecular complexity index is 1340. The molecule has 6 heteroatoms. The summed E-state index contributed by atoms with van der Waals surface area (Å²) in [5.41, 5.74) is 0. The van der Waals surface area contributed by atoms with E-state index in [0.29, 0.717) is 19.4 Å². The van der Waals surface area contributed by atoms with Crippen molar-refractivity contribution < 1.29 is 24.5 Å². The van der Waals surface area contributed by atoms with Gasteiger partial charge >= 0.3 is 5.97 Å². The first-order valence-corrected chi connectivity index (χ1v) is 37.8. The van der Waals surface area contributed by atoms with Gasteiger partial charge in [0.05, 0.1) is 25.4 Å². The maximum absolute atomic E-state index is 12.5. The van der Waals surface area contributed by atoms with Gasteiger partial charge in [-0.2, -0.15) is 0 Å². The molecule has 0 aliphatic heterocycles. The maximum Gasteiger partial charge on any atom is 0.305 e. The number of allylic oxidation sites excluding steroid dienone is 5. The molecule has 0 rings (SSSR count). The first kappa shape index (κ1) is 81.1. The van der Waals surface area contributed by atoms with Crippen LogP contribution in [0.5, 0.6) is 0 Å². The Morgan fingerprint density at radius 1 is 0.337 bits per heavy atom. The molecule has 0 aromatic carbocycles. The summed E-state index contributed by atoms with van der Waals surface area (Å²) in [6.07, 6.45) is 93.8. The van der Waals surface area contributed by atoms with Crippen molar-refractivity contribution in [1.82, 2.24) is 5.32 Å². The number of ether oxygens (including phenoxy) is 1. The molecule has 2 unspecified atom stereocenters. The molecule has 0 bridgehead atoms. The van der Waals surface area contributed by atoms with Crippen LogP contribution in [0.25, 0.3) is 0 Å². The normalized spacial score (nSPS) is 12.7. The molecule has 0 aliphatic carbocycles. The van der Waals surface area contributed by atoms with E-state index in [-0.39, 0.29) is 18.5 Å². The number of unbranched alkanes of at least 4 members (excludes halogenated alkanes) is 56. The first-order chi connectivity index (χ1) is 41.0. The summed E-state index contributed by atoms with van der Waals surface area (Å²) < 4.78 is 5.51. The van der Waals surface area contributed by atoms with Crippen LogP contribution < -0.4 is 5.32 Å². The topological polar surface area (TPSA) is 95.9 Å². The van der Waals surface area contributed by atoms with Gasteiger partial charge in [-0.05, 0) is 64.2 Å². The van der Waals surface area contributed by atoms with Crippen LogP contribution >= 0.6 is 0 Å². The Balaban J connectivity index is 3.36. The Kier molecular flexibility index (Phi) is 70.9. The second-order valence-corrected chi connectivity index (χ2v) is 26.0. The number of amides is 1. The fourth-order valence-corrected chi connectivity index (χ4v) is 11.9. The number of carbonyl (C=O) groups is 2. The summed E-state index contributed by atoms with van der Waals surface area (Å²) in [4.78, 5) is 24.6. The number of aliphatic hydroxyl groups excluding tert-OH is 2. The third kappa shape index (κ3) is 69.1. The minimum atomic E-state index is -0.843. The van der Waals surface area contributed by atoms with Crippen molar-refractivity contribution in [3.8, 4) is 0 Å². The third-order valence-electron chi connectivity index (χ3n) is 17.7. The minimum absolute atomic E-state index is 0.0118. The van der Waals surface area contributed by atoms with Gasteiger partial charge in [0.2, 0.25) is 5.91 Å². The molecule has 3 N–H and O–H groups in total. The standard InChI is InChI=1S/C77H147NO5/c1-3-5-7-9-11-13-15-17-19-21-23-34-37-41-45-49-53-57-61-65-69-75(80)74(73-79)78-76(81)70-66-62-58-54-50-46-42-38-35-32-30-28-26-24-25-27-29-31-33-36-40-44-48-52-56-60-64-68-72-83-77(82)71-67-63-59-55-51-47-43-39-22-20-18-16-14-12-10-8-6-4-2/h14,16,20,22,65,69,74-75,79-80H,3-13,15,17-19,21,23-64,66-68,70-73H2,1-2H3,(H,78,81)/b16-14-,22-20-,69-65+. The van der Waals surface area contributed by atoms with E-state index in [9.17, 15) is 19.8 Å². The van der Waals surface area contributed by atoms with E-state index in [1.807, 2.05) is 6.08 Å². The molecule has 0 aromatic rings. The van der Waals surface area contributed by atoms with Gasteiger partial charge in [-0.15, -0.1) is 0 Å². The number of carbonyl (C=O) groups excluding carboxylic acids is 2. The number of esters is 1. The zero-order valence-corrected chi connectivity index (χ0v) is 56.2. The average Bonchev–Trinajstić information content (AvgIpc) is 3.49. The molecule has 2 atom stereocenters. The first-order valence-electron chi connectivity index (χ1n) is 37.8. The summed E-state index contributed by atoms with van der Waals surface area (Å²) >= 11 is 0. The second-order valence-electron chi connectivity index (χ2n) is 26.0. The van der Waals surface area contributed by atoms with Gasteiger partial charge in [0, 0.05) is 12.8 Å². The van der Waals surface area contributed by atoms with Gasteiger partial charge in [-0.3, -0.25) is 9.59 Å². The van der Waals surface area contributed by atoms with Crippen molar-refractivity contribution in [3.63, 3.8) is 0 Å². The lowest BCUT2D eigenvalue weighted by atomic mass is 10.0. The van der Waals surface area contributed by atoms with E-state index in [0.717, 1.165) is 51.4 Å². The van der Waals surface area contributed by atoms with Gasteiger partial charge in [-0.1, -0.05) is 378 Å². The molecule has 0 radical (unpaired) electrons. The fraction of sp³-hybridized carbons (Fsp3) is 0.896. The maximum atomic E-state index is 12.5. The molecular formula is C77H147NO5. The Hall–Kier alpha value is -1.92. The smallest absolute Gasteiger partial charge is 0.305 e. The lowest BCUT2D eigenvalue weighted by Crippen LogP contribution is -2.45. The van der Waals surface area contributed by atoms with E-state index in [1.165, 1.54) is 340 Å². The van der Waals surface area contributed by atoms with E-state index in [4.69, 9.17) is 4.74 Å². The number of rotatable bonds is 71. The quantitative estimate of drug-likeness (QED) is 0.0320. The highest BCUT2D eigenvalue weighted by molar-refractivity contribution is 5.76. The van der Waals surface area contributed by atoms with Crippen LogP contribution in [0.15, 0.2) is 36.5 Å². The largest absolute Gasteiger partial charge is 0.466 e. The molecule has 0 saturated heterocycles. The third-order valence-corrected chi connectivity index (χ3v) is 17.7. The van der Waals surface area contributed by atoms with Gasteiger partial charge in [-0.25, -0.2) is 0 Å². The summed E-state index contributed by atoms with van der Waals surface area (Å²) in [7, 11) is 0. The van der Waals surface area contributed by atoms with Gasteiger partial charge in [0.1, 0.15) is 0 Å². The van der Waals surface area contributed by atoms with Crippen molar-refractivity contribution >= 4 is 11.9 Å². The van der Waals surface area contributed by atoms with Crippen LogP contribution in [-0.2, 0) is 14.3 Å². The molecule has 6 nitrogen and oxygen atoms in total. The highest BCUT2D eigenvalue weighted by Gasteiger charge is 2.18. The van der Waals surface area contributed by atoms with Crippen molar-refractivity contribution in [2.24, 2.45) is 0 Å². The number of nitrogens with one attached hydrogen (secondary N) is 1. The molecule has 0 aliphatic rings. The van der Waals surface area contributed by atoms with Crippen LogP contribution in [-0.4, -0.2) is 47.4 Å². The molecule has 0 saturated carbocycles. The summed E-state index contributed by atoms with van der Waals surface area (Å²) in [5, 5.41) is 23.3. The number of aliphatic hydroxyl groups is 2. The lowest BCUT2D eigenvalue weighted by Gasteiger charge is -2.20. The van der Waals surface area contributed by atoms with Crippen molar-refractivity contribution in [3.05, 3.63) is 36.5 Å². The zero-order chi connectivity index (χ0) is 59.9. The Labute approximate surface area is 519 Å². The summed E-state index contributed by atoms with van der Waals surface area (Å²) in [6, 6.07) is -0.627. The SMILES string of the molecule is CCCCCC/C=C\C/C=C\CCCCCCCCCC(=O)OCCCCCCCCCCCCCCCCCCCCCCCCCCCCCCC(=O)NC(CO)C(O)/C=C/CCCCCCCCCCCCCCCCCCCC. The van der Waals surface area contributed by atoms with E-state index < -0.39 is 12.1 Å². The van der Waals surface area contributed by atoms with E-state index in [2.05, 4.69) is 43.5 Å². The predicted octanol–water partition coefficient (Wildman–Crippen LogP) is 24.7. The van der Waals surface area contributed by atoms with Crippen LogP contribution in [0.3, 0.4) is 0 Å². The van der Waals surface area contributed by atoms with Crippen LogP contribution in [0.1, 0.15) is 418 Å². The molecule has 0 aromatic heterocycles. The van der Waals surface area contributed by atoms with Crippen molar-refractivity contribution in [1.29, 1.82) is 0 Å². The molecular weight excluding hydrogens is 1020 g/mol. The molecule has 0 spiro atoms. The van der Waals surface area contributed by atoms with Crippen molar-refractivity contribution in [2.45, 2.75) is 431 Å². The van der Waals surface area contributed by atoms with Crippen LogP contribution in [0, 0.1) is 0 Å². The highest BCUT2D eigenvalue weighted by atomic mass is 16.5. The van der Waals surface area contributed by atoms with Gasteiger partial charge in [0.15, 0.2) is 0 Å². The fourth-order valence-electron chi connectivity index (χ4n) is 11.9. The Morgan fingerprint density at radius 3 is 0.928 bits per heavy atom. The predicted molar refractivity (Wildman–Crippen MR) is 366 cm³/mol. The van der Waals surface area contributed by atoms with Gasteiger partial charge < -0.3 is 20.3 Å². The monoisotopic (exact) mass is 1170 g/mol. The summed E-state index contributed by atoms with van der Waals surface area (Å²) in [6.45, 7) is 4.93. The highest BCUT2D eigenvalue weighted by Crippen LogP contribution is 2.19.